The predicted molar refractivity (Wildman–Crippen MR) is 116 cm³/mol. The third-order valence-corrected chi connectivity index (χ3v) is 6.00. The van der Waals surface area contributed by atoms with Crippen LogP contribution in [0.5, 0.6) is 0 Å². The highest BCUT2D eigenvalue weighted by Crippen LogP contribution is 2.39. The van der Waals surface area contributed by atoms with Crippen LogP contribution < -0.4 is 15.1 Å². The van der Waals surface area contributed by atoms with Crippen molar-refractivity contribution in [1.82, 2.24) is 19.7 Å². The average molecular weight is 403 g/mol. The molecule has 2 fully saturated rings. The van der Waals surface area contributed by atoms with Gasteiger partial charge in [0.05, 0.1) is 19.8 Å². The van der Waals surface area contributed by atoms with Crippen LogP contribution in [0.3, 0.4) is 0 Å². The van der Waals surface area contributed by atoms with Crippen molar-refractivity contribution in [1.29, 1.82) is 0 Å². The topological polar surface area (TPSA) is 74.2 Å². The number of imidazole rings is 1. The summed E-state index contributed by atoms with van der Waals surface area (Å²) in [6.45, 7) is 4.21. The van der Waals surface area contributed by atoms with Crippen LogP contribution in [0.1, 0.15) is 30.3 Å². The average Bonchev–Trinajstić information content (AvgIpc) is 3.35. The molecule has 154 valence electrons. The van der Waals surface area contributed by atoms with Gasteiger partial charge in [-0.1, -0.05) is 0 Å². The van der Waals surface area contributed by atoms with Crippen LogP contribution in [0.15, 0.2) is 48.9 Å². The van der Waals surface area contributed by atoms with Gasteiger partial charge >= 0.3 is 0 Å². The van der Waals surface area contributed by atoms with E-state index >= 15 is 0 Å². The van der Waals surface area contributed by atoms with Crippen LogP contribution in [0.4, 0.5) is 17.2 Å². The highest BCUT2D eigenvalue weighted by Gasteiger charge is 2.26. The predicted octanol–water partition coefficient (Wildman–Crippen LogP) is 3.21. The summed E-state index contributed by atoms with van der Waals surface area (Å²) in [4.78, 5) is 9.14. The van der Waals surface area contributed by atoms with E-state index < -0.39 is 0 Å². The summed E-state index contributed by atoms with van der Waals surface area (Å²) in [6, 6.07) is 10.9. The van der Waals surface area contributed by atoms with Gasteiger partial charge in [-0.3, -0.25) is 9.67 Å². The number of ether oxygens (including phenoxy) is 1. The van der Waals surface area contributed by atoms with E-state index in [2.05, 4.69) is 71.4 Å². The number of hydrogen-bond donors (Lipinski definition) is 2. The Bertz CT molecular complexity index is 1060. The largest absolute Gasteiger partial charge is 0.378 e. The Morgan fingerprint density at radius 2 is 1.87 bits per heavy atom. The minimum atomic E-state index is 0.652. The molecular weight excluding hydrogens is 378 g/mol. The molecule has 3 aromatic rings. The molecule has 0 amide bonds. The maximum atomic E-state index is 5.46. The van der Waals surface area contributed by atoms with Crippen molar-refractivity contribution < 1.29 is 4.74 Å². The lowest BCUT2D eigenvalue weighted by atomic mass is 10.2. The Morgan fingerprint density at radius 1 is 1.07 bits per heavy atom. The number of nitrogens with one attached hydrogen (secondary N) is 2. The van der Waals surface area contributed by atoms with Crippen molar-refractivity contribution in [2.75, 3.05) is 41.4 Å². The van der Waals surface area contributed by atoms with Crippen molar-refractivity contribution in [2.24, 2.45) is 0 Å². The highest BCUT2D eigenvalue weighted by molar-refractivity contribution is 5.69. The lowest BCUT2D eigenvalue weighted by Gasteiger charge is -2.30. The van der Waals surface area contributed by atoms with Crippen LogP contribution in [0.25, 0.3) is 5.82 Å². The molecule has 0 bridgehead atoms. The van der Waals surface area contributed by atoms with Gasteiger partial charge < -0.3 is 19.9 Å². The van der Waals surface area contributed by atoms with Crippen molar-refractivity contribution >= 4 is 23.0 Å². The van der Waals surface area contributed by atoms with Crippen molar-refractivity contribution in [3.05, 3.63) is 60.4 Å². The molecular formula is C22H25N7O. The summed E-state index contributed by atoms with van der Waals surface area (Å²) in [5.41, 5.74) is 3.60. The Labute approximate surface area is 175 Å². The fourth-order valence-electron chi connectivity index (χ4n) is 4.15. The highest BCUT2D eigenvalue weighted by atomic mass is 16.5. The van der Waals surface area contributed by atoms with Gasteiger partial charge in [0, 0.05) is 60.7 Å². The first-order valence-corrected chi connectivity index (χ1v) is 10.6. The number of H-pyrrole nitrogens is 1. The molecule has 8 heteroatoms. The van der Waals surface area contributed by atoms with Crippen LogP contribution >= 0.6 is 0 Å². The summed E-state index contributed by atoms with van der Waals surface area (Å²) in [5, 5.41) is 11.1. The Hall–Kier alpha value is -3.26. The molecule has 2 aliphatic heterocycles. The van der Waals surface area contributed by atoms with Gasteiger partial charge in [0.1, 0.15) is 11.6 Å². The number of hydrogen-bond acceptors (Lipinski definition) is 6. The van der Waals surface area contributed by atoms with E-state index in [1.807, 2.05) is 12.4 Å². The molecule has 0 radical (unpaired) electrons. The van der Waals surface area contributed by atoms with Gasteiger partial charge in [0.25, 0.3) is 0 Å². The third kappa shape index (κ3) is 3.33. The lowest BCUT2D eigenvalue weighted by molar-refractivity contribution is 0.122. The van der Waals surface area contributed by atoms with Gasteiger partial charge in [-0.25, -0.2) is 4.98 Å². The Balaban J connectivity index is 1.25. The fraction of sp³-hybridized carbons (Fsp3) is 0.364. The number of rotatable bonds is 5. The molecule has 3 aliphatic rings. The zero-order chi connectivity index (χ0) is 19.9. The lowest BCUT2D eigenvalue weighted by Crippen LogP contribution is -2.36. The van der Waals surface area contributed by atoms with Crippen LogP contribution in [-0.4, -0.2) is 46.1 Å². The third-order valence-electron chi connectivity index (χ3n) is 6.00. The first-order valence-electron chi connectivity index (χ1n) is 10.6. The van der Waals surface area contributed by atoms with Gasteiger partial charge in [-0.2, -0.15) is 5.10 Å². The molecule has 2 aromatic heterocycles. The molecule has 0 spiro atoms. The minimum absolute atomic E-state index is 0.652. The maximum absolute atomic E-state index is 5.46. The Morgan fingerprint density at radius 3 is 2.67 bits per heavy atom. The van der Waals surface area contributed by atoms with Gasteiger partial charge in [-0.05, 0) is 37.1 Å². The summed E-state index contributed by atoms with van der Waals surface area (Å²) in [6.07, 6.45) is 8.47. The summed E-state index contributed by atoms with van der Waals surface area (Å²) >= 11 is 0. The van der Waals surface area contributed by atoms with Gasteiger partial charge in [0.2, 0.25) is 0 Å². The van der Waals surface area contributed by atoms with Crippen LogP contribution in [0.2, 0.25) is 0 Å². The second-order valence-electron chi connectivity index (χ2n) is 8.08. The van der Waals surface area contributed by atoms with Crippen LogP contribution in [-0.2, 0) is 11.3 Å². The minimum Gasteiger partial charge on any atom is -0.378 e. The van der Waals surface area contributed by atoms with E-state index in [0.717, 1.165) is 56.0 Å². The normalized spacial score (nSPS) is 18.9. The van der Waals surface area contributed by atoms with E-state index in [1.54, 1.807) is 0 Å². The molecule has 4 heterocycles. The standard InChI is InChI=1S/C22H25N7O/c1-2-16(1)19-13-20(26-25-19)24-22-15-28(14-21-23-7-8-29(21)22)18-5-3-17(4-6-18)27-9-11-30-12-10-27/h3-8,13,15-16H,1-2,9-12,14H2,(H2,24,25,26). The molecule has 8 nitrogen and oxygen atoms in total. The fourth-order valence-corrected chi connectivity index (χ4v) is 4.15. The number of aromatic nitrogens is 4. The number of aromatic amines is 1. The molecule has 0 unspecified atom stereocenters. The van der Waals surface area contributed by atoms with Gasteiger partial charge in [0.15, 0.2) is 5.82 Å². The molecule has 2 N–H and O–H groups in total. The molecule has 0 atom stereocenters. The second kappa shape index (κ2) is 7.21. The molecule has 1 aliphatic carbocycles. The maximum Gasteiger partial charge on any atom is 0.153 e. The van der Waals surface area contributed by atoms with Crippen molar-refractivity contribution in [2.45, 2.75) is 25.3 Å². The van der Waals surface area contributed by atoms with E-state index in [-0.39, 0.29) is 0 Å². The molecule has 6 rings (SSSR count). The number of anilines is 3. The van der Waals surface area contributed by atoms with E-state index in [0.29, 0.717) is 5.92 Å². The summed E-state index contributed by atoms with van der Waals surface area (Å²) < 4.78 is 7.55. The zero-order valence-electron chi connectivity index (χ0n) is 16.8. The smallest absolute Gasteiger partial charge is 0.153 e. The van der Waals surface area contributed by atoms with Crippen molar-refractivity contribution in [3.8, 4) is 0 Å². The first kappa shape index (κ1) is 17.6. The Kier molecular flexibility index (Phi) is 4.23. The monoisotopic (exact) mass is 403 g/mol. The zero-order valence-corrected chi connectivity index (χ0v) is 16.8. The number of nitrogens with zero attached hydrogens (tertiary/aromatic N) is 5. The van der Waals surface area contributed by atoms with Crippen LogP contribution in [0, 0.1) is 0 Å². The van der Waals surface area contributed by atoms with E-state index in [4.69, 9.17) is 4.74 Å². The molecule has 1 saturated carbocycles. The molecule has 1 aromatic carbocycles. The first-order chi connectivity index (χ1) is 14.8. The van der Waals surface area contributed by atoms with Gasteiger partial charge in [-0.15, -0.1) is 0 Å². The molecule has 30 heavy (non-hydrogen) atoms. The quantitative estimate of drug-likeness (QED) is 0.682. The van der Waals surface area contributed by atoms with E-state index in [1.165, 1.54) is 24.2 Å². The number of benzene rings is 1. The SMILES string of the molecule is C1=C(Nc2cc(C3CC3)[nH]n2)n2ccnc2CN1c1ccc(N2CCOCC2)cc1. The van der Waals surface area contributed by atoms with E-state index in [9.17, 15) is 0 Å². The number of morpholine rings is 1. The van der Waals surface area contributed by atoms with Crippen molar-refractivity contribution in [3.63, 3.8) is 0 Å². The second-order valence-corrected chi connectivity index (χ2v) is 8.08. The molecule has 1 saturated heterocycles. The summed E-state index contributed by atoms with van der Waals surface area (Å²) in [7, 11) is 0. The number of fused-ring (bicyclic) bond motifs is 1. The summed E-state index contributed by atoms with van der Waals surface area (Å²) in [5.74, 6) is 3.43.